The maximum Gasteiger partial charge on any atom is 0.325 e. The summed E-state index contributed by atoms with van der Waals surface area (Å²) < 4.78 is 27.9. The van der Waals surface area contributed by atoms with E-state index in [-0.39, 0.29) is 16.5 Å². The Bertz CT molecular complexity index is 818. The molecule has 3 rings (SSSR count). The summed E-state index contributed by atoms with van der Waals surface area (Å²) >= 11 is 4.25. The summed E-state index contributed by atoms with van der Waals surface area (Å²) in [5, 5.41) is 9.52. The smallest absolute Gasteiger partial charge is 0.325 e. The van der Waals surface area contributed by atoms with Crippen molar-refractivity contribution in [2.24, 2.45) is 0 Å². The van der Waals surface area contributed by atoms with E-state index in [0.717, 1.165) is 16.9 Å². The second kappa shape index (κ2) is 5.45. The zero-order chi connectivity index (χ0) is 16.0. The number of sulfonamides is 1. The molecule has 1 aliphatic carbocycles. The van der Waals surface area contributed by atoms with E-state index in [1.165, 1.54) is 6.07 Å². The third-order valence-electron chi connectivity index (χ3n) is 3.67. The molecule has 2 aromatic rings. The Hall–Kier alpha value is -1.22. The number of halogens is 1. The van der Waals surface area contributed by atoms with E-state index in [1.807, 2.05) is 30.3 Å². The Morgan fingerprint density at radius 3 is 2.50 bits per heavy atom. The van der Waals surface area contributed by atoms with Crippen LogP contribution >= 0.6 is 27.3 Å². The molecule has 0 saturated heterocycles. The van der Waals surface area contributed by atoms with Crippen molar-refractivity contribution in [2.75, 3.05) is 0 Å². The fourth-order valence-electron chi connectivity index (χ4n) is 2.48. The predicted molar refractivity (Wildman–Crippen MR) is 86.5 cm³/mol. The molecule has 22 heavy (non-hydrogen) atoms. The van der Waals surface area contributed by atoms with Crippen molar-refractivity contribution in [3.63, 3.8) is 0 Å². The van der Waals surface area contributed by atoms with Gasteiger partial charge in [-0.05, 0) is 40.0 Å². The fourth-order valence-corrected chi connectivity index (χ4v) is 5.89. The molecule has 1 fully saturated rings. The number of aliphatic carboxylic acids is 1. The number of thiophene rings is 1. The van der Waals surface area contributed by atoms with E-state index in [2.05, 4.69) is 20.7 Å². The minimum absolute atomic E-state index is 0.0960. The zero-order valence-electron chi connectivity index (χ0n) is 11.2. The number of rotatable bonds is 5. The number of benzene rings is 1. The van der Waals surface area contributed by atoms with Gasteiger partial charge in [0.15, 0.2) is 0 Å². The molecule has 1 aliphatic rings. The first kappa shape index (κ1) is 15.7. The van der Waals surface area contributed by atoms with E-state index in [1.54, 1.807) is 6.07 Å². The van der Waals surface area contributed by atoms with Gasteiger partial charge in [0.2, 0.25) is 0 Å². The second-order valence-corrected chi connectivity index (χ2v) is 9.48. The molecule has 1 heterocycles. The van der Waals surface area contributed by atoms with Crippen LogP contribution in [-0.4, -0.2) is 25.0 Å². The lowest BCUT2D eigenvalue weighted by atomic mass is 10.1. The van der Waals surface area contributed by atoms with Gasteiger partial charge in [-0.25, -0.2) is 8.42 Å². The van der Waals surface area contributed by atoms with Crippen LogP contribution in [0.15, 0.2) is 50.5 Å². The average Bonchev–Trinajstić information content (AvgIpc) is 3.02. The summed E-state index contributed by atoms with van der Waals surface area (Å²) in [5.41, 5.74) is -0.642. The van der Waals surface area contributed by atoms with E-state index in [0.29, 0.717) is 3.79 Å². The first-order valence-corrected chi connectivity index (χ1v) is 9.52. The predicted octanol–water partition coefficient (Wildman–Crippen LogP) is 2.80. The Kier molecular flexibility index (Phi) is 3.88. The lowest BCUT2D eigenvalue weighted by Crippen LogP contribution is -2.44. The monoisotopic (exact) mass is 401 g/mol. The molecule has 5 nitrogen and oxygen atoms in total. The highest BCUT2D eigenvalue weighted by Crippen LogP contribution is 2.52. The molecule has 0 bridgehead atoms. The first-order valence-electron chi connectivity index (χ1n) is 6.43. The maximum absolute atomic E-state index is 12.4. The average molecular weight is 402 g/mol. The van der Waals surface area contributed by atoms with E-state index in [4.69, 9.17) is 0 Å². The van der Waals surface area contributed by atoms with Gasteiger partial charge in [0.1, 0.15) is 9.75 Å². The van der Waals surface area contributed by atoms with Gasteiger partial charge in [-0.15, -0.1) is 11.3 Å². The molecule has 8 heteroatoms. The molecule has 2 atom stereocenters. The molecular weight excluding hydrogens is 390 g/mol. The van der Waals surface area contributed by atoms with Crippen LogP contribution in [0.5, 0.6) is 0 Å². The number of hydrogen-bond donors (Lipinski definition) is 2. The lowest BCUT2D eigenvalue weighted by molar-refractivity contribution is -0.140. The molecule has 2 N–H and O–H groups in total. The number of carboxylic acid groups (broad SMARTS) is 1. The van der Waals surface area contributed by atoms with Crippen LogP contribution in [0, 0.1) is 0 Å². The van der Waals surface area contributed by atoms with Crippen molar-refractivity contribution in [1.29, 1.82) is 0 Å². The quantitative estimate of drug-likeness (QED) is 0.806. The highest BCUT2D eigenvalue weighted by Gasteiger charge is 2.63. The maximum atomic E-state index is 12.4. The van der Waals surface area contributed by atoms with Crippen LogP contribution < -0.4 is 4.72 Å². The van der Waals surface area contributed by atoms with Gasteiger partial charge in [0.25, 0.3) is 10.0 Å². The van der Waals surface area contributed by atoms with Gasteiger partial charge in [0, 0.05) is 5.92 Å². The van der Waals surface area contributed by atoms with Crippen molar-refractivity contribution in [1.82, 2.24) is 4.72 Å². The summed E-state index contributed by atoms with van der Waals surface area (Å²) in [6.45, 7) is 0. The third-order valence-corrected chi connectivity index (χ3v) is 7.30. The van der Waals surface area contributed by atoms with Gasteiger partial charge < -0.3 is 5.11 Å². The topological polar surface area (TPSA) is 83.5 Å². The minimum atomic E-state index is -3.86. The molecule has 0 aliphatic heterocycles. The lowest BCUT2D eigenvalue weighted by Gasteiger charge is -2.14. The summed E-state index contributed by atoms with van der Waals surface area (Å²) in [6, 6.07) is 12.1. The van der Waals surface area contributed by atoms with Crippen molar-refractivity contribution < 1.29 is 18.3 Å². The van der Waals surface area contributed by atoms with E-state index >= 15 is 0 Å². The van der Waals surface area contributed by atoms with E-state index < -0.39 is 21.5 Å². The molecule has 0 spiro atoms. The summed E-state index contributed by atoms with van der Waals surface area (Å²) in [4.78, 5) is 11.6. The summed E-state index contributed by atoms with van der Waals surface area (Å²) in [7, 11) is -3.86. The highest BCUT2D eigenvalue weighted by atomic mass is 79.9. The summed E-state index contributed by atoms with van der Waals surface area (Å²) in [6.07, 6.45) is 0.248. The highest BCUT2D eigenvalue weighted by molar-refractivity contribution is 9.11. The number of hydrogen-bond acceptors (Lipinski definition) is 4. The van der Waals surface area contributed by atoms with Crippen molar-refractivity contribution in [3.8, 4) is 0 Å². The number of nitrogens with one attached hydrogen (secondary N) is 1. The van der Waals surface area contributed by atoms with Crippen LogP contribution in [-0.2, 0) is 14.8 Å². The Morgan fingerprint density at radius 2 is 1.95 bits per heavy atom. The Morgan fingerprint density at radius 1 is 1.27 bits per heavy atom. The van der Waals surface area contributed by atoms with E-state index in [9.17, 15) is 18.3 Å². The number of carboxylic acids is 1. The molecule has 1 unspecified atom stereocenters. The molecule has 1 aromatic heterocycles. The number of carbonyl (C=O) groups is 1. The first-order chi connectivity index (χ1) is 10.3. The molecule has 1 aromatic carbocycles. The van der Waals surface area contributed by atoms with Gasteiger partial charge in [-0.2, -0.15) is 4.72 Å². The summed E-state index contributed by atoms with van der Waals surface area (Å²) in [5.74, 6) is -1.51. The molecule has 1 saturated carbocycles. The third kappa shape index (κ3) is 2.71. The SMILES string of the molecule is O=C(O)C1(NS(=O)(=O)c2ccc(Br)s2)C[C@H]1c1ccccc1. The van der Waals surface area contributed by atoms with Gasteiger partial charge in [0.05, 0.1) is 3.79 Å². The van der Waals surface area contributed by atoms with Crippen LogP contribution in [0.4, 0.5) is 0 Å². The normalized spacial score (nSPS) is 24.1. The largest absolute Gasteiger partial charge is 0.480 e. The van der Waals surface area contributed by atoms with Crippen LogP contribution in [0.2, 0.25) is 0 Å². The van der Waals surface area contributed by atoms with Crippen molar-refractivity contribution in [3.05, 3.63) is 51.8 Å². The zero-order valence-corrected chi connectivity index (χ0v) is 14.4. The van der Waals surface area contributed by atoms with Gasteiger partial charge in [-0.3, -0.25) is 4.79 Å². The molecular formula is C14H12BrNO4S2. The second-order valence-electron chi connectivity index (χ2n) is 5.11. The molecule has 0 radical (unpaired) electrons. The van der Waals surface area contributed by atoms with Crippen LogP contribution in [0.1, 0.15) is 17.9 Å². The Balaban J connectivity index is 1.90. The van der Waals surface area contributed by atoms with Crippen LogP contribution in [0.3, 0.4) is 0 Å². The Labute approximate surface area is 140 Å². The van der Waals surface area contributed by atoms with Crippen molar-refractivity contribution in [2.45, 2.75) is 22.1 Å². The van der Waals surface area contributed by atoms with Crippen molar-refractivity contribution >= 4 is 43.3 Å². The van der Waals surface area contributed by atoms with Gasteiger partial charge in [-0.1, -0.05) is 30.3 Å². The van der Waals surface area contributed by atoms with Gasteiger partial charge >= 0.3 is 5.97 Å². The molecule has 0 amide bonds. The minimum Gasteiger partial charge on any atom is -0.480 e. The standard InChI is InChI=1S/C14H12BrNO4S2/c15-11-6-7-12(21-11)22(19,20)16-14(13(17)18)8-10(14)9-4-2-1-3-5-9/h1-7,10,16H,8H2,(H,17,18)/t10-,14?/m0/s1. The van der Waals surface area contributed by atoms with Crippen LogP contribution in [0.25, 0.3) is 0 Å². The fraction of sp³-hybridized carbons (Fsp3) is 0.214. The molecule has 116 valence electrons.